The molecule has 1 atom stereocenters. The highest BCUT2D eigenvalue weighted by molar-refractivity contribution is 5.56. The molecule has 1 aliphatic carbocycles. The molecule has 0 saturated heterocycles. The van der Waals surface area contributed by atoms with Crippen LogP contribution in [0.1, 0.15) is 37.8 Å². The highest BCUT2D eigenvalue weighted by atomic mass is 19.4. The van der Waals surface area contributed by atoms with Gasteiger partial charge in [-0.15, -0.1) is 0 Å². The maximum Gasteiger partial charge on any atom is 0.418 e. The smallest absolute Gasteiger partial charge is 0.371 e. The second-order valence-corrected chi connectivity index (χ2v) is 6.01. The Balaban J connectivity index is 2.33. The summed E-state index contributed by atoms with van der Waals surface area (Å²) in [4.78, 5) is 1.84. The first kappa shape index (κ1) is 16.1. The number of alkyl halides is 3. The molecule has 21 heavy (non-hydrogen) atoms. The number of anilines is 1. The minimum Gasteiger partial charge on any atom is -0.371 e. The van der Waals surface area contributed by atoms with Gasteiger partial charge in [0, 0.05) is 24.8 Å². The van der Waals surface area contributed by atoms with E-state index in [1.807, 2.05) is 11.8 Å². The van der Waals surface area contributed by atoms with Crippen molar-refractivity contribution in [3.63, 3.8) is 0 Å². The van der Waals surface area contributed by atoms with Gasteiger partial charge in [0.15, 0.2) is 0 Å². The van der Waals surface area contributed by atoms with Crippen molar-refractivity contribution in [1.82, 2.24) is 0 Å². The summed E-state index contributed by atoms with van der Waals surface area (Å²) < 4.78 is 40.1. The van der Waals surface area contributed by atoms with Crippen LogP contribution in [0, 0.1) is 5.92 Å². The number of rotatable bonds is 6. The van der Waals surface area contributed by atoms with Gasteiger partial charge in [0.1, 0.15) is 0 Å². The van der Waals surface area contributed by atoms with Crippen LogP contribution in [0.2, 0.25) is 0 Å². The lowest BCUT2D eigenvalue weighted by Gasteiger charge is -2.27. The fraction of sp³-hybridized carbons (Fsp3) is 0.625. The molecule has 1 unspecified atom stereocenters. The average Bonchev–Trinajstić information content (AvgIpc) is 3.18. The maximum atomic E-state index is 13.4. The lowest BCUT2D eigenvalue weighted by molar-refractivity contribution is -0.137. The van der Waals surface area contributed by atoms with Gasteiger partial charge in [-0.25, -0.2) is 0 Å². The molecule has 2 nitrogen and oxygen atoms in total. The molecule has 2 rings (SSSR count). The van der Waals surface area contributed by atoms with Gasteiger partial charge in [-0.3, -0.25) is 0 Å². The fourth-order valence-electron chi connectivity index (χ4n) is 2.59. The minimum absolute atomic E-state index is 0.148. The molecule has 1 aliphatic rings. The first-order chi connectivity index (χ1) is 9.81. The SMILES string of the molecule is CCN(CC1CC1)c1ccc(CC(C)N)cc1C(F)(F)F. The Hall–Kier alpha value is -1.23. The van der Waals surface area contributed by atoms with Crippen LogP contribution in [-0.4, -0.2) is 19.1 Å². The number of nitrogens with two attached hydrogens (primary N) is 1. The van der Waals surface area contributed by atoms with Gasteiger partial charge in [-0.2, -0.15) is 13.2 Å². The molecule has 1 fully saturated rings. The van der Waals surface area contributed by atoms with Gasteiger partial charge in [0.05, 0.1) is 5.56 Å². The third-order valence-electron chi connectivity index (χ3n) is 3.82. The second kappa shape index (κ2) is 6.26. The zero-order chi connectivity index (χ0) is 15.6. The molecule has 0 amide bonds. The van der Waals surface area contributed by atoms with Gasteiger partial charge in [0.2, 0.25) is 0 Å². The minimum atomic E-state index is -4.33. The Morgan fingerprint density at radius 3 is 2.48 bits per heavy atom. The van der Waals surface area contributed by atoms with E-state index in [4.69, 9.17) is 5.73 Å². The standard InChI is InChI=1S/C16H23F3N2/c1-3-21(10-12-4-5-12)15-7-6-13(8-11(2)20)9-14(15)16(17,18)19/h6-7,9,11-12H,3-5,8,10,20H2,1-2H3. The first-order valence-electron chi connectivity index (χ1n) is 7.52. The van der Waals surface area contributed by atoms with Crippen LogP contribution < -0.4 is 10.6 Å². The molecule has 1 saturated carbocycles. The molecular weight excluding hydrogens is 277 g/mol. The Labute approximate surface area is 124 Å². The van der Waals surface area contributed by atoms with Gasteiger partial charge in [0.25, 0.3) is 0 Å². The number of nitrogens with zero attached hydrogens (tertiary/aromatic N) is 1. The molecule has 0 bridgehead atoms. The number of hydrogen-bond acceptors (Lipinski definition) is 2. The number of hydrogen-bond donors (Lipinski definition) is 1. The summed E-state index contributed by atoms with van der Waals surface area (Å²) in [7, 11) is 0. The lowest BCUT2D eigenvalue weighted by atomic mass is 10.0. The monoisotopic (exact) mass is 300 g/mol. The molecule has 0 radical (unpaired) electrons. The van der Waals surface area contributed by atoms with Crippen LogP contribution in [0.15, 0.2) is 18.2 Å². The zero-order valence-electron chi connectivity index (χ0n) is 12.6. The van der Waals surface area contributed by atoms with Crippen molar-refractivity contribution in [1.29, 1.82) is 0 Å². The summed E-state index contributed by atoms with van der Waals surface area (Å²) in [5.74, 6) is 0.551. The van der Waals surface area contributed by atoms with E-state index in [9.17, 15) is 13.2 Å². The molecule has 0 spiro atoms. The van der Waals surface area contributed by atoms with Crippen LogP contribution in [-0.2, 0) is 12.6 Å². The van der Waals surface area contributed by atoms with Crippen LogP contribution in [0.4, 0.5) is 18.9 Å². The predicted octanol–water partition coefficient (Wildman–Crippen LogP) is 3.83. The van der Waals surface area contributed by atoms with Crippen LogP contribution in [0.3, 0.4) is 0 Å². The van der Waals surface area contributed by atoms with Crippen molar-refractivity contribution in [2.75, 3.05) is 18.0 Å². The quantitative estimate of drug-likeness (QED) is 0.865. The normalized spacial score (nSPS) is 16.9. The lowest BCUT2D eigenvalue weighted by Crippen LogP contribution is -2.28. The summed E-state index contributed by atoms with van der Waals surface area (Å²) in [5, 5.41) is 0. The molecule has 0 aromatic heterocycles. The Kier molecular flexibility index (Phi) is 4.81. The molecule has 0 aliphatic heterocycles. The van der Waals surface area contributed by atoms with Crippen molar-refractivity contribution in [3.8, 4) is 0 Å². The molecular formula is C16H23F3N2. The van der Waals surface area contributed by atoms with Crippen molar-refractivity contribution in [2.45, 2.75) is 45.3 Å². The third-order valence-corrected chi connectivity index (χ3v) is 3.82. The summed E-state index contributed by atoms with van der Waals surface area (Å²) in [6.45, 7) is 5.00. The van der Waals surface area contributed by atoms with Crippen molar-refractivity contribution < 1.29 is 13.2 Å². The predicted molar refractivity (Wildman–Crippen MR) is 79.4 cm³/mol. The highest BCUT2D eigenvalue weighted by Crippen LogP contribution is 2.39. The summed E-state index contributed by atoms with van der Waals surface area (Å²) >= 11 is 0. The highest BCUT2D eigenvalue weighted by Gasteiger charge is 2.36. The fourth-order valence-corrected chi connectivity index (χ4v) is 2.59. The van der Waals surface area contributed by atoms with E-state index in [0.717, 1.165) is 12.8 Å². The number of benzene rings is 1. The van der Waals surface area contributed by atoms with Gasteiger partial charge < -0.3 is 10.6 Å². The van der Waals surface area contributed by atoms with Gasteiger partial charge in [-0.05, 0) is 56.7 Å². The Bertz CT molecular complexity index is 479. The molecule has 0 heterocycles. The molecule has 118 valence electrons. The third kappa shape index (κ3) is 4.37. The van der Waals surface area contributed by atoms with E-state index in [-0.39, 0.29) is 6.04 Å². The Morgan fingerprint density at radius 2 is 2.00 bits per heavy atom. The second-order valence-electron chi connectivity index (χ2n) is 6.01. The van der Waals surface area contributed by atoms with E-state index in [2.05, 4.69) is 0 Å². The number of halogens is 3. The van der Waals surface area contributed by atoms with Crippen LogP contribution >= 0.6 is 0 Å². The van der Waals surface area contributed by atoms with Crippen molar-refractivity contribution in [3.05, 3.63) is 29.3 Å². The average molecular weight is 300 g/mol. The summed E-state index contributed by atoms with van der Waals surface area (Å²) in [6.07, 6.45) is -1.63. The molecule has 1 aromatic carbocycles. The van der Waals surface area contributed by atoms with Gasteiger partial charge >= 0.3 is 6.18 Å². The van der Waals surface area contributed by atoms with E-state index >= 15 is 0 Å². The zero-order valence-corrected chi connectivity index (χ0v) is 12.6. The molecule has 2 N–H and O–H groups in total. The molecule has 5 heteroatoms. The first-order valence-corrected chi connectivity index (χ1v) is 7.52. The topological polar surface area (TPSA) is 29.3 Å². The maximum absolute atomic E-state index is 13.4. The Morgan fingerprint density at radius 1 is 1.33 bits per heavy atom. The largest absolute Gasteiger partial charge is 0.418 e. The van der Waals surface area contributed by atoms with Crippen molar-refractivity contribution >= 4 is 5.69 Å². The van der Waals surface area contributed by atoms with E-state index in [0.29, 0.717) is 36.7 Å². The van der Waals surface area contributed by atoms with Crippen molar-refractivity contribution in [2.24, 2.45) is 11.7 Å². The van der Waals surface area contributed by atoms with E-state index < -0.39 is 11.7 Å². The summed E-state index contributed by atoms with van der Waals surface area (Å²) in [5.41, 5.74) is 6.09. The van der Waals surface area contributed by atoms with E-state index in [1.165, 1.54) is 6.07 Å². The summed E-state index contributed by atoms with van der Waals surface area (Å²) in [6, 6.07) is 4.48. The van der Waals surface area contributed by atoms with Crippen LogP contribution in [0.5, 0.6) is 0 Å². The van der Waals surface area contributed by atoms with Crippen LogP contribution in [0.25, 0.3) is 0 Å². The van der Waals surface area contributed by atoms with Gasteiger partial charge in [-0.1, -0.05) is 6.07 Å². The molecule has 1 aromatic rings. The van der Waals surface area contributed by atoms with E-state index in [1.54, 1.807) is 19.1 Å².